The van der Waals surface area contributed by atoms with Gasteiger partial charge in [-0.15, -0.1) is 5.10 Å². The summed E-state index contributed by atoms with van der Waals surface area (Å²) < 4.78 is 2.21. The van der Waals surface area contributed by atoms with Crippen LogP contribution in [0.1, 0.15) is 33.6 Å². The number of halogens is 1. The Morgan fingerprint density at radius 3 is 2.66 bits per heavy atom. The average molecular weight is 495 g/mol. The van der Waals surface area contributed by atoms with Crippen LogP contribution >= 0.6 is 15.9 Å². The Bertz CT molecular complexity index is 1330. The van der Waals surface area contributed by atoms with E-state index in [9.17, 15) is 19.2 Å². The molecule has 0 radical (unpaired) electrons. The second kappa shape index (κ2) is 7.38. The van der Waals surface area contributed by atoms with Gasteiger partial charge in [0.05, 0.1) is 23.0 Å². The van der Waals surface area contributed by atoms with Gasteiger partial charge in [0, 0.05) is 22.1 Å². The van der Waals surface area contributed by atoms with E-state index in [1.165, 1.54) is 10.7 Å². The summed E-state index contributed by atoms with van der Waals surface area (Å²) >= 11 is 3.40. The van der Waals surface area contributed by atoms with Crippen LogP contribution < -0.4 is 11.1 Å². The van der Waals surface area contributed by atoms with E-state index in [0.717, 1.165) is 9.37 Å². The number of nitrogen functional groups attached to an aromatic ring is 1. The molecule has 3 N–H and O–H groups in total. The van der Waals surface area contributed by atoms with E-state index < -0.39 is 29.7 Å². The summed E-state index contributed by atoms with van der Waals surface area (Å²) in [4.78, 5) is 50.9. The molecule has 1 saturated heterocycles. The van der Waals surface area contributed by atoms with Crippen LogP contribution in [0.3, 0.4) is 0 Å². The van der Waals surface area contributed by atoms with Crippen molar-refractivity contribution in [2.45, 2.75) is 18.9 Å². The monoisotopic (exact) mass is 494 g/mol. The van der Waals surface area contributed by atoms with Crippen LogP contribution in [0, 0.1) is 0 Å². The highest BCUT2D eigenvalue weighted by Gasteiger charge is 2.45. The smallest absolute Gasteiger partial charge is 0.264 e. The molecule has 32 heavy (non-hydrogen) atoms. The highest BCUT2D eigenvalue weighted by molar-refractivity contribution is 9.10. The molecular formula is C21H15BrN6O4. The number of hydrogen-bond donors (Lipinski definition) is 2. The summed E-state index contributed by atoms with van der Waals surface area (Å²) in [5, 5.41) is 10.5. The van der Waals surface area contributed by atoms with E-state index in [0.29, 0.717) is 22.6 Å². The molecule has 10 nitrogen and oxygen atoms in total. The van der Waals surface area contributed by atoms with Crippen LogP contribution in [0.4, 0.5) is 5.69 Å². The topological polar surface area (TPSA) is 140 Å². The van der Waals surface area contributed by atoms with E-state index in [1.54, 1.807) is 36.5 Å². The van der Waals surface area contributed by atoms with Gasteiger partial charge in [0.25, 0.3) is 11.8 Å². The second-order valence-electron chi connectivity index (χ2n) is 7.43. The molecule has 1 aromatic heterocycles. The van der Waals surface area contributed by atoms with Gasteiger partial charge in [-0.25, -0.2) is 4.68 Å². The van der Waals surface area contributed by atoms with Gasteiger partial charge in [0.15, 0.2) is 0 Å². The maximum atomic E-state index is 13.3. The molecule has 4 amide bonds. The third kappa shape index (κ3) is 3.09. The number of rotatable bonds is 3. The van der Waals surface area contributed by atoms with Crippen LogP contribution in [0.25, 0.3) is 16.9 Å². The van der Waals surface area contributed by atoms with E-state index in [2.05, 4.69) is 31.6 Å². The summed E-state index contributed by atoms with van der Waals surface area (Å²) in [5.74, 6) is -2.29. The van der Waals surface area contributed by atoms with Crippen LogP contribution in [-0.4, -0.2) is 49.6 Å². The van der Waals surface area contributed by atoms with E-state index in [4.69, 9.17) is 5.73 Å². The van der Waals surface area contributed by atoms with Crippen molar-refractivity contribution in [2.24, 2.45) is 0 Å². The quantitative estimate of drug-likeness (QED) is 0.416. The number of imide groups is 2. The molecule has 1 unspecified atom stereocenters. The third-order valence-corrected chi connectivity index (χ3v) is 5.97. The first-order valence-corrected chi connectivity index (χ1v) is 10.5. The van der Waals surface area contributed by atoms with E-state index in [-0.39, 0.29) is 24.0 Å². The summed E-state index contributed by atoms with van der Waals surface area (Å²) in [6.07, 6.45) is 1.75. The molecule has 2 aliphatic rings. The van der Waals surface area contributed by atoms with Crippen molar-refractivity contribution in [2.75, 3.05) is 5.73 Å². The standard InChI is InChI=1S/C21H15BrN6O4/c22-10-4-5-13(23)12(8-10)14-9-27(26-25-14)15-3-1-2-11-18(15)21(32)28(20(11)31)16-6-7-17(29)24-19(16)30/h1-5,8-9,16H,6-7,23H2,(H,24,29,30). The number of nitrogens with one attached hydrogen (secondary N) is 1. The predicted octanol–water partition coefficient (Wildman–Crippen LogP) is 1.68. The molecule has 2 aliphatic heterocycles. The minimum Gasteiger partial charge on any atom is -0.398 e. The summed E-state index contributed by atoms with van der Waals surface area (Å²) in [7, 11) is 0. The number of carbonyl (C=O) groups is 4. The Balaban J connectivity index is 1.54. The maximum absolute atomic E-state index is 13.3. The third-order valence-electron chi connectivity index (χ3n) is 5.48. The molecular weight excluding hydrogens is 480 g/mol. The summed E-state index contributed by atoms with van der Waals surface area (Å²) in [6.45, 7) is 0. The molecule has 0 saturated carbocycles. The van der Waals surface area contributed by atoms with Crippen molar-refractivity contribution in [3.05, 3.63) is 58.2 Å². The van der Waals surface area contributed by atoms with Gasteiger partial charge >= 0.3 is 0 Å². The van der Waals surface area contributed by atoms with Crippen molar-refractivity contribution in [1.29, 1.82) is 0 Å². The fraction of sp³-hybridized carbons (Fsp3) is 0.143. The molecule has 0 spiro atoms. The Morgan fingerprint density at radius 2 is 1.88 bits per heavy atom. The van der Waals surface area contributed by atoms with Gasteiger partial charge in [-0.2, -0.15) is 0 Å². The van der Waals surface area contributed by atoms with Gasteiger partial charge in [-0.3, -0.25) is 29.4 Å². The number of fused-ring (bicyclic) bond motifs is 1. The molecule has 5 rings (SSSR count). The van der Waals surface area contributed by atoms with Gasteiger partial charge in [0.1, 0.15) is 11.7 Å². The fourth-order valence-corrected chi connectivity index (χ4v) is 4.30. The number of amides is 4. The summed E-state index contributed by atoms with van der Waals surface area (Å²) in [5.41, 5.74) is 8.35. The zero-order valence-corrected chi connectivity index (χ0v) is 18.0. The predicted molar refractivity (Wildman–Crippen MR) is 116 cm³/mol. The molecule has 11 heteroatoms. The Kier molecular flexibility index (Phi) is 4.63. The first-order chi connectivity index (χ1) is 15.3. The number of aromatic nitrogens is 3. The lowest BCUT2D eigenvalue weighted by molar-refractivity contribution is -0.136. The number of piperidine rings is 1. The fourth-order valence-electron chi connectivity index (χ4n) is 3.94. The van der Waals surface area contributed by atoms with Crippen molar-refractivity contribution in [3.63, 3.8) is 0 Å². The molecule has 160 valence electrons. The molecule has 0 bridgehead atoms. The van der Waals surface area contributed by atoms with E-state index in [1.807, 2.05) is 0 Å². The van der Waals surface area contributed by atoms with Crippen molar-refractivity contribution in [3.8, 4) is 16.9 Å². The van der Waals surface area contributed by atoms with E-state index >= 15 is 0 Å². The minimum atomic E-state index is -1.04. The number of hydrogen-bond acceptors (Lipinski definition) is 7. The molecule has 3 aromatic rings. The van der Waals surface area contributed by atoms with Crippen molar-refractivity contribution >= 4 is 45.2 Å². The summed E-state index contributed by atoms with van der Waals surface area (Å²) in [6, 6.07) is 9.09. The number of nitrogens with zero attached hydrogens (tertiary/aromatic N) is 4. The largest absolute Gasteiger partial charge is 0.398 e. The van der Waals surface area contributed by atoms with Gasteiger partial charge in [-0.1, -0.05) is 27.2 Å². The lowest BCUT2D eigenvalue weighted by Crippen LogP contribution is -2.54. The lowest BCUT2D eigenvalue weighted by Gasteiger charge is -2.27. The molecule has 1 fully saturated rings. The van der Waals surface area contributed by atoms with Gasteiger partial charge in [0.2, 0.25) is 11.8 Å². The Labute approximate surface area is 189 Å². The number of nitrogens with two attached hydrogens (primary N) is 1. The number of carbonyl (C=O) groups excluding carboxylic acids is 4. The SMILES string of the molecule is Nc1ccc(Br)cc1-c1cn(-c2cccc3c2C(=O)N(C2CCC(=O)NC2=O)C3=O)nn1. The first-order valence-electron chi connectivity index (χ1n) is 9.68. The van der Waals surface area contributed by atoms with Gasteiger partial charge < -0.3 is 5.73 Å². The highest BCUT2D eigenvalue weighted by Crippen LogP contribution is 2.33. The zero-order chi connectivity index (χ0) is 22.6. The number of benzene rings is 2. The lowest BCUT2D eigenvalue weighted by atomic mass is 10.0. The van der Waals surface area contributed by atoms with Crippen LogP contribution in [0.5, 0.6) is 0 Å². The Hall–Kier alpha value is -3.86. The van der Waals surface area contributed by atoms with Crippen molar-refractivity contribution in [1.82, 2.24) is 25.2 Å². The van der Waals surface area contributed by atoms with Gasteiger partial charge in [-0.05, 0) is 36.8 Å². The first kappa shape index (κ1) is 20.1. The highest BCUT2D eigenvalue weighted by atomic mass is 79.9. The minimum absolute atomic E-state index is 0.0527. The molecule has 1 atom stereocenters. The van der Waals surface area contributed by atoms with Crippen LogP contribution in [0.15, 0.2) is 47.1 Å². The Morgan fingerprint density at radius 1 is 1.06 bits per heavy atom. The normalized spacial score (nSPS) is 18.2. The maximum Gasteiger partial charge on any atom is 0.264 e. The number of anilines is 1. The molecule has 0 aliphatic carbocycles. The van der Waals surface area contributed by atoms with Crippen LogP contribution in [-0.2, 0) is 9.59 Å². The average Bonchev–Trinajstić information content (AvgIpc) is 3.34. The second-order valence-corrected chi connectivity index (χ2v) is 8.34. The zero-order valence-electron chi connectivity index (χ0n) is 16.4. The molecule has 3 heterocycles. The molecule has 2 aromatic carbocycles. The van der Waals surface area contributed by atoms with Crippen molar-refractivity contribution < 1.29 is 19.2 Å². The van der Waals surface area contributed by atoms with Crippen LogP contribution in [0.2, 0.25) is 0 Å².